The van der Waals surface area contributed by atoms with Crippen LogP contribution in [0.15, 0.2) is 42.6 Å². The van der Waals surface area contributed by atoms with E-state index in [9.17, 15) is 14.4 Å². The van der Waals surface area contributed by atoms with E-state index in [0.29, 0.717) is 17.1 Å². The van der Waals surface area contributed by atoms with Crippen molar-refractivity contribution in [1.29, 1.82) is 0 Å². The average molecular weight is 313 g/mol. The summed E-state index contributed by atoms with van der Waals surface area (Å²) in [6.45, 7) is 1.85. The van der Waals surface area contributed by atoms with Gasteiger partial charge in [0.15, 0.2) is 0 Å². The Bertz CT molecular complexity index is 741. The molecule has 1 aromatic heterocycles. The van der Waals surface area contributed by atoms with Gasteiger partial charge in [-0.05, 0) is 48.9 Å². The van der Waals surface area contributed by atoms with Crippen LogP contribution in [0, 0.1) is 6.92 Å². The quantitative estimate of drug-likeness (QED) is 0.664. The summed E-state index contributed by atoms with van der Waals surface area (Å²) in [6, 6.07) is 9.41. The van der Waals surface area contributed by atoms with E-state index in [4.69, 9.17) is 0 Å². The molecule has 7 heteroatoms. The van der Waals surface area contributed by atoms with Crippen LogP contribution < -0.4 is 10.6 Å². The summed E-state index contributed by atoms with van der Waals surface area (Å²) in [6.07, 6.45) is 1.54. The summed E-state index contributed by atoms with van der Waals surface area (Å²) in [4.78, 5) is 38.9. The molecule has 2 aromatic rings. The number of rotatable bonds is 3. The molecule has 0 fully saturated rings. The molecule has 0 bridgehead atoms. The number of nitrogens with one attached hydrogen (secondary N) is 2. The topological polar surface area (TPSA) is 97.4 Å². The molecule has 0 radical (unpaired) electrons. The lowest BCUT2D eigenvalue weighted by atomic mass is 10.2. The lowest BCUT2D eigenvalue weighted by molar-refractivity contribution is -0.133. The summed E-state index contributed by atoms with van der Waals surface area (Å²) >= 11 is 0. The smallest absolute Gasteiger partial charge is 0.337 e. The lowest BCUT2D eigenvalue weighted by Gasteiger charge is -2.07. The third-order valence-electron chi connectivity index (χ3n) is 2.93. The van der Waals surface area contributed by atoms with Gasteiger partial charge in [-0.2, -0.15) is 0 Å². The van der Waals surface area contributed by atoms with Gasteiger partial charge in [0.2, 0.25) is 0 Å². The Morgan fingerprint density at radius 2 is 1.65 bits per heavy atom. The highest BCUT2D eigenvalue weighted by Gasteiger charge is 2.15. The second-order valence-electron chi connectivity index (χ2n) is 4.70. The van der Waals surface area contributed by atoms with Crippen molar-refractivity contribution in [2.45, 2.75) is 6.92 Å². The van der Waals surface area contributed by atoms with Crippen molar-refractivity contribution in [2.75, 3.05) is 17.7 Å². The number of carbonyl (C=O) groups excluding carboxylic acids is 3. The van der Waals surface area contributed by atoms with Crippen LogP contribution in [0.4, 0.5) is 11.5 Å². The fourth-order valence-corrected chi connectivity index (χ4v) is 1.77. The first kappa shape index (κ1) is 16.2. The summed E-state index contributed by atoms with van der Waals surface area (Å²) in [5.41, 5.74) is 1.64. The Balaban J connectivity index is 1.98. The van der Waals surface area contributed by atoms with Crippen LogP contribution in [0.25, 0.3) is 0 Å². The number of nitrogens with zero attached hydrogens (tertiary/aromatic N) is 1. The molecule has 0 atom stereocenters. The van der Waals surface area contributed by atoms with Gasteiger partial charge in [-0.25, -0.2) is 9.78 Å². The van der Waals surface area contributed by atoms with Crippen LogP contribution in [0.3, 0.4) is 0 Å². The number of methoxy groups -OCH3 is 1. The van der Waals surface area contributed by atoms with Crippen LogP contribution in [0.1, 0.15) is 15.9 Å². The molecule has 118 valence electrons. The zero-order valence-electron chi connectivity index (χ0n) is 12.6. The van der Waals surface area contributed by atoms with E-state index in [2.05, 4.69) is 20.4 Å². The number of aryl methyl sites for hydroxylation is 1. The Morgan fingerprint density at radius 1 is 1.00 bits per heavy atom. The summed E-state index contributed by atoms with van der Waals surface area (Å²) < 4.78 is 4.57. The Morgan fingerprint density at radius 3 is 2.26 bits per heavy atom. The van der Waals surface area contributed by atoms with E-state index in [1.807, 2.05) is 6.92 Å². The van der Waals surface area contributed by atoms with E-state index >= 15 is 0 Å². The van der Waals surface area contributed by atoms with Crippen molar-refractivity contribution in [3.05, 3.63) is 53.7 Å². The third kappa shape index (κ3) is 4.37. The van der Waals surface area contributed by atoms with Crippen molar-refractivity contribution in [3.8, 4) is 0 Å². The van der Waals surface area contributed by atoms with Gasteiger partial charge in [-0.3, -0.25) is 9.59 Å². The fraction of sp³-hybridized carbons (Fsp3) is 0.125. The third-order valence-corrected chi connectivity index (χ3v) is 2.93. The fourth-order valence-electron chi connectivity index (χ4n) is 1.77. The van der Waals surface area contributed by atoms with Crippen LogP contribution >= 0.6 is 0 Å². The molecule has 1 aromatic carbocycles. The van der Waals surface area contributed by atoms with Gasteiger partial charge < -0.3 is 15.4 Å². The molecular weight excluding hydrogens is 298 g/mol. The van der Waals surface area contributed by atoms with Crippen molar-refractivity contribution < 1.29 is 19.1 Å². The second kappa shape index (κ2) is 7.17. The van der Waals surface area contributed by atoms with Gasteiger partial charge in [0.05, 0.1) is 12.7 Å². The maximum atomic E-state index is 11.8. The maximum Gasteiger partial charge on any atom is 0.337 e. The van der Waals surface area contributed by atoms with E-state index in [0.717, 1.165) is 5.56 Å². The molecule has 7 nitrogen and oxygen atoms in total. The van der Waals surface area contributed by atoms with Crippen molar-refractivity contribution in [2.24, 2.45) is 0 Å². The van der Waals surface area contributed by atoms with Crippen LogP contribution in [-0.4, -0.2) is 29.9 Å². The van der Waals surface area contributed by atoms with E-state index in [1.54, 1.807) is 12.1 Å². The molecule has 2 amide bonds. The van der Waals surface area contributed by atoms with Crippen molar-refractivity contribution >= 4 is 29.3 Å². The van der Waals surface area contributed by atoms with Gasteiger partial charge in [-0.1, -0.05) is 0 Å². The number of benzene rings is 1. The van der Waals surface area contributed by atoms with Crippen LogP contribution in [0.5, 0.6) is 0 Å². The Kier molecular flexibility index (Phi) is 5.03. The molecule has 0 unspecified atom stereocenters. The molecule has 0 aliphatic carbocycles. The maximum absolute atomic E-state index is 11.8. The predicted octanol–water partition coefficient (Wildman–Crippen LogP) is 1.75. The minimum absolute atomic E-state index is 0.297. The highest BCUT2D eigenvalue weighted by atomic mass is 16.5. The van der Waals surface area contributed by atoms with E-state index in [-0.39, 0.29) is 0 Å². The average Bonchev–Trinajstić information content (AvgIpc) is 2.54. The molecule has 2 N–H and O–H groups in total. The van der Waals surface area contributed by atoms with Gasteiger partial charge >= 0.3 is 17.8 Å². The molecule has 23 heavy (non-hydrogen) atoms. The number of ether oxygens (including phenoxy) is 1. The Hall–Kier alpha value is -3.22. The number of carbonyl (C=O) groups is 3. The summed E-state index contributed by atoms with van der Waals surface area (Å²) in [5, 5.41) is 4.84. The highest BCUT2D eigenvalue weighted by molar-refractivity contribution is 6.43. The molecule has 0 spiro atoms. The van der Waals surface area contributed by atoms with E-state index in [1.165, 1.54) is 37.6 Å². The summed E-state index contributed by atoms with van der Waals surface area (Å²) in [5.74, 6) is -1.85. The zero-order chi connectivity index (χ0) is 16.8. The second-order valence-corrected chi connectivity index (χ2v) is 4.70. The Labute approximate surface area is 132 Å². The first-order chi connectivity index (χ1) is 11.0. The number of anilines is 2. The molecule has 0 saturated heterocycles. The number of aromatic nitrogens is 1. The first-order valence-electron chi connectivity index (χ1n) is 6.73. The minimum atomic E-state index is -0.834. The van der Waals surface area contributed by atoms with Crippen molar-refractivity contribution in [1.82, 2.24) is 4.98 Å². The predicted molar refractivity (Wildman–Crippen MR) is 84.0 cm³/mol. The number of hydrogen-bond donors (Lipinski definition) is 2. The standard InChI is InChI=1S/C16H15N3O4/c1-10-7-8-17-13(9-10)19-15(21)14(20)18-12-5-3-11(4-6-12)16(22)23-2/h3-9H,1-2H3,(H,18,20)(H,17,19,21). The molecular formula is C16H15N3O4. The van der Waals surface area contributed by atoms with Gasteiger partial charge in [0.25, 0.3) is 0 Å². The number of amides is 2. The zero-order valence-corrected chi connectivity index (χ0v) is 12.6. The SMILES string of the molecule is COC(=O)c1ccc(NC(=O)C(=O)Nc2cc(C)ccn2)cc1. The van der Waals surface area contributed by atoms with Crippen molar-refractivity contribution in [3.63, 3.8) is 0 Å². The van der Waals surface area contributed by atoms with Crippen LogP contribution in [-0.2, 0) is 14.3 Å². The minimum Gasteiger partial charge on any atom is -0.465 e. The van der Waals surface area contributed by atoms with Gasteiger partial charge in [0, 0.05) is 11.9 Å². The number of pyridine rings is 1. The molecule has 0 aliphatic heterocycles. The highest BCUT2D eigenvalue weighted by Crippen LogP contribution is 2.11. The number of esters is 1. The molecule has 0 aliphatic rings. The number of hydrogen-bond acceptors (Lipinski definition) is 5. The van der Waals surface area contributed by atoms with Gasteiger partial charge in [-0.15, -0.1) is 0 Å². The van der Waals surface area contributed by atoms with Gasteiger partial charge in [0.1, 0.15) is 5.82 Å². The monoisotopic (exact) mass is 313 g/mol. The first-order valence-corrected chi connectivity index (χ1v) is 6.73. The lowest BCUT2D eigenvalue weighted by Crippen LogP contribution is -2.29. The molecule has 0 saturated carbocycles. The molecule has 1 heterocycles. The van der Waals surface area contributed by atoms with Crippen LogP contribution in [0.2, 0.25) is 0 Å². The largest absolute Gasteiger partial charge is 0.465 e. The van der Waals surface area contributed by atoms with E-state index < -0.39 is 17.8 Å². The summed E-state index contributed by atoms with van der Waals surface area (Å²) in [7, 11) is 1.28. The normalized spacial score (nSPS) is 9.83. The molecule has 2 rings (SSSR count).